The van der Waals surface area contributed by atoms with Crippen molar-refractivity contribution in [3.8, 4) is 0 Å². The Morgan fingerprint density at radius 1 is 1.00 bits per heavy atom. The molecule has 0 fully saturated rings. The number of ether oxygens (including phenoxy) is 1. The first-order chi connectivity index (χ1) is 15.0. The highest BCUT2D eigenvalue weighted by Crippen LogP contribution is 2.24. The molecule has 1 aliphatic rings. The maximum atomic E-state index is 12.7. The van der Waals surface area contributed by atoms with Gasteiger partial charge in [-0.1, -0.05) is 42.5 Å². The fraction of sp³-hybridized carbons (Fsp3) is 0.208. The lowest BCUT2D eigenvalue weighted by atomic mass is 10.00. The second-order valence-electron chi connectivity index (χ2n) is 7.27. The molecule has 1 aliphatic heterocycles. The fourth-order valence-corrected chi connectivity index (χ4v) is 4.32. The molecule has 0 unspecified atom stereocenters. The van der Waals surface area contributed by atoms with Crippen molar-refractivity contribution in [2.45, 2.75) is 13.0 Å². The number of amides is 2. The van der Waals surface area contributed by atoms with Gasteiger partial charge in [0.1, 0.15) is 0 Å². The van der Waals surface area contributed by atoms with E-state index in [1.54, 1.807) is 48.3 Å². The Bertz CT molecular complexity index is 1110. The van der Waals surface area contributed by atoms with Gasteiger partial charge in [0.15, 0.2) is 6.61 Å². The molecule has 0 saturated heterocycles. The van der Waals surface area contributed by atoms with Crippen LogP contribution < -0.4 is 4.90 Å². The van der Waals surface area contributed by atoms with Gasteiger partial charge in [0.25, 0.3) is 11.8 Å². The van der Waals surface area contributed by atoms with Gasteiger partial charge in [0, 0.05) is 20.1 Å². The third-order valence-corrected chi connectivity index (χ3v) is 6.19. The van der Waals surface area contributed by atoms with Crippen LogP contribution in [0, 0.1) is 0 Å². The molecule has 0 N–H and O–H groups in total. The van der Waals surface area contributed by atoms with Crippen molar-refractivity contribution in [2.24, 2.45) is 0 Å². The van der Waals surface area contributed by atoms with Crippen LogP contribution in [0.15, 0.2) is 66.0 Å². The zero-order valence-electron chi connectivity index (χ0n) is 17.1. The molecule has 0 aliphatic carbocycles. The van der Waals surface area contributed by atoms with E-state index < -0.39 is 5.97 Å². The minimum Gasteiger partial charge on any atom is -0.452 e. The second-order valence-corrected chi connectivity index (χ2v) is 8.22. The number of para-hydroxylation sites is 1. The second kappa shape index (κ2) is 9.14. The van der Waals surface area contributed by atoms with Gasteiger partial charge in [-0.3, -0.25) is 9.59 Å². The molecule has 0 saturated carbocycles. The number of carbonyl (C=O) groups is 3. The maximum absolute atomic E-state index is 12.7. The van der Waals surface area contributed by atoms with E-state index in [4.69, 9.17) is 4.74 Å². The lowest BCUT2D eigenvalue weighted by Gasteiger charge is -2.28. The fourth-order valence-electron chi connectivity index (χ4n) is 3.62. The predicted octanol–water partition coefficient (Wildman–Crippen LogP) is 3.77. The number of hydrogen-bond acceptors (Lipinski definition) is 5. The third kappa shape index (κ3) is 4.51. The summed E-state index contributed by atoms with van der Waals surface area (Å²) < 4.78 is 5.33. The number of esters is 1. The standard InChI is InChI=1S/C24H22N2O4S/c1-25(23(28)21-11-6-14-31-21)20-10-5-4-9-19(20)24(29)30-16-22(27)26-13-12-17-7-2-3-8-18(17)15-26/h2-11,14H,12-13,15-16H2,1H3. The number of nitrogens with zero attached hydrogens (tertiary/aromatic N) is 2. The van der Waals surface area contributed by atoms with Crippen LogP contribution in [-0.2, 0) is 22.5 Å². The summed E-state index contributed by atoms with van der Waals surface area (Å²) in [5.74, 6) is -1.08. The summed E-state index contributed by atoms with van der Waals surface area (Å²) in [5.41, 5.74) is 3.04. The van der Waals surface area contributed by atoms with Gasteiger partial charge in [-0.15, -0.1) is 11.3 Å². The number of anilines is 1. The summed E-state index contributed by atoms with van der Waals surface area (Å²) in [4.78, 5) is 41.7. The summed E-state index contributed by atoms with van der Waals surface area (Å²) >= 11 is 1.34. The maximum Gasteiger partial charge on any atom is 0.340 e. The minimum atomic E-state index is -0.632. The first kappa shape index (κ1) is 20.8. The highest BCUT2D eigenvalue weighted by atomic mass is 32.1. The molecular formula is C24H22N2O4S. The van der Waals surface area contributed by atoms with E-state index in [-0.39, 0.29) is 24.0 Å². The molecule has 2 heterocycles. The third-order valence-electron chi connectivity index (χ3n) is 5.33. The molecule has 1 aromatic heterocycles. The van der Waals surface area contributed by atoms with Gasteiger partial charge in [0.05, 0.1) is 16.1 Å². The van der Waals surface area contributed by atoms with Crippen LogP contribution >= 0.6 is 11.3 Å². The number of benzene rings is 2. The van der Waals surface area contributed by atoms with Crippen molar-refractivity contribution in [2.75, 3.05) is 25.1 Å². The Hall–Kier alpha value is -3.45. The number of carbonyl (C=O) groups excluding carboxylic acids is 3. The van der Waals surface area contributed by atoms with Crippen molar-refractivity contribution < 1.29 is 19.1 Å². The number of fused-ring (bicyclic) bond motifs is 1. The van der Waals surface area contributed by atoms with E-state index in [2.05, 4.69) is 6.07 Å². The van der Waals surface area contributed by atoms with Crippen LogP contribution in [0.1, 0.15) is 31.2 Å². The SMILES string of the molecule is CN(C(=O)c1cccs1)c1ccccc1C(=O)OCC(=O)N1CCc2ccccc2C1. The summed E-state index contributed by atoms with van der Waals surface area (Å²) in [7, 11) is 1.62. The van der Waals surface area contributed by atoms with Gasteiger partial charge in [-0.25, -0.2) is 4.79 Å². The van der Waals surface area contributed by atoms with Crippen molar-refractivity contribution in [3.63, 3.8) is 0 Å². The molecule has 0 radical (unpaired) electrons. The van der Waals surface area contributed by atoms with Crippen LogP contribution in [0.2, 0.25) is 0 Å². The van der Waals surface area contributed by atoms with E-state index in [1.165, 1.54) is 21.8 Å². The number of rotatable bonds is 5. The predicted molar refractivity (Wildman–Crippen MR) is 119 cm³/mol. The molecule has 31 heavy (non-hydrogen) atoms. The molecule has 2 amide bonds. The lowest BCUT2D eigenvalue weighted by molar-refractivity contribution is -0.135. The van der Waals surface area contributed by atoms with Gasteiger partial charge in [-0.2, -0.15) is 0 Å². The molecule has 6 nitrogen and oxygen atoms in total. The molecule has 2 aromatic carbocycles. The van der Waals surface area contributed by atoms with E-state index in [1.807, 2.05) is 23.6 Å². The first-order valence-electron chi connectivity index (χ1n) is 9.97. The average molecular weight is 435 g/mol. The van der Waals surface area contributed by atoms with E-state index in [0.29, 0.717) is 23.7 Å². The molecule has 158 valence electrons. The summed E-state index contributed by atoms with van der Waals surface area (Å²) in [6.45, 7) is 0.779. The zero-order chi connectivity index (χ0) is 21.8. The zero-order valence-corrected chi connectivity index (χ0v) is 17.9. The molecule has 4 rings (SSSR count). The van der Waals surface area contributed by atoms with Crippen molar-refractivity contribution in [3.05, 3.63) is 87.6 Å². The number of thiophene rings is 1. The quantitative estimate of drug-likeness (QED) is 0.574. The van der Waals surface area contributed by atoms with E-state index in [0.717, 1.165) is 12.0 Å². The minimum absolute atomic E-state index is 0.210. The highest BCUT2D eigenvalue weighted by molar-refractivity contribution is 7.12. The Labute approximate surface area is 184 Å². The van der Waals surface area contributed by atoms with Gasteiger partial charge in [0.2, 0.25) is 0 Å². The average Bonchev–Trinajstić information content (AvgIpc) is 3.36. The first-order valence-corrected chi connectivity index (χ1v) is 10.8. The summed E-state index contributed by atoms with van der Waals surface area (Å²) in [6, 6.07) is 18.3. The highest BCUT2D eigenvalue weighted by Gasteiger charge is 2.24. The Morgan fingerprint density at radius 2 is 1.74 bits per heavy atom. The normalized spacial score (nSPS) is 12.7. The Kier molecular flexibility index (Phi) is 6.13. The molecule has 3 aromatic rings. The van der Waals surface area contributed by atoms with Crippen LogP contribution in [-0.4, -0.2) is 42.9 Å². The summed E-state index contributed by atoms with van der Waals surface area (Å²) in [5, 5.41) is 1.83. The summed E-state index contributed by atoms with van der Waals surface area (Å²) in [6.07, 6.45) is 0.786. The van der Waals surface area contributed by atoms with Crippen molar-refractivity contribution in [1.82, 2.24) is 4.90 Å². The Balaban J connectivity index is 1.41. The van der Waals surface area contributed by atoms with E-state index in [9.17, 15) is 14.4 Å². The molecule has 7 heteroatoms. The molecular weight excluding hydrogens is 412 g/mol. The van der Waals surface area contributed by atoms with Crippen LogP contribution in [0.4, 0.5) is 5.69 Å². The number of hydrogen-bond donors (Lipinski definition) is 0. The van der Waals surface area contributed by atoms with Crippen LogP contribution in [0.25, 0.3) is 0 Å². The van der Waals surface area contributed by atoms with Gasteiger partial charge < -0.3 is 14.5 Å². The van der Waals surface area contributed by atoms with Gasteiger partial charge >= 0.3 is 5.97 Å². The smallest absolute Gasteiger partial charge is 0.340 e. The van der Waals surface area contributed by atoms with Crippen molar-refractivity contribution >= 4 is 34.8 Å². The topological polar surface area (TPSA) is 66.9 Å². The Morgan fingerprint density at radius 3 is 2.52 bits per heavy atom. The molecule has 0 spiro atoms. The molecule has 0 atom stereocenters. The lowest BCUT2D eigenvalue weighted by Crippen LogP contribution is -2.38. The van der Waals surface area contributed by atoms with Crippen molar-refractivity contribution in [1.29, 1.82) is 0 Å². The van der Waals surface area contributed by atoms with Crippen LogP contribution in [0.5, 0.6) is 0 Å². The monoisotopic (exact) mass is 434 g/mol. The molecule has 0 bridgehead atoms. The van der Waals surface area contributed by atoms with Gasteiger partial charge in [-0.05, 0) is 41.1 Å². The van der Waals surface area contributed by atoms with Crippen LogP contribution in [0.3, 0.4) is 0 Å². The van der Waals surface area contributed by atoms with E-state index >= 15 is 0 Å². The largest absolute Gasteiger partial charge is 0.452 e.